The second kappa shape index (κ2) is 5.29. The normalized spacial score (nSPS) is 23.3. The largest absolute Gasteiger partial charge is 0.449 e. The highest BCUT2D eigenvalue weighted by atomic mass is 19.4. The molecule has 1 aromatic heterocycles. The van der Waals surface area contributed by atoms with Gasteiger partial charge in [-0.15, -0.1) is 0 Å². The topological polar surface area (TPSA) is 95.2 Å². The van der Waals surface area contributed by atoms with Crippen LogP contribution in [-0.4, -0.2) is 45.7 Å². The minimum Gasteiger partial charge on any atom is -0.338 e. The molecule has 7 nitrogen and oxygen atoms in total. The zero-order valence-corrected chi connectivity index (χ0v) is 13.3. The van der Waals surface area contributed by atoms with Gasteiger partial charge in [0, 0.05) is 25.1 Å². The first kappa shape index (κ1) is 16.6. The highest BCUT2D eigenvalue weighted by Gasteiger charge is 2.51. The maximum absolute atomic E-state index is 12.7. The van der Waals surface area contributed by atoms with E-state index in [-0.39, 0.29) is 41.4 Å². The second-order valence-corrected chi connectivity index (χ2v) is 6.63. The maximum Gasteiger partial charge on any atom is 0.449 e. The number of fused-ring (bicyclic) bond motifs is 1. The SMILES string of the molecule is O=C1C[C@]2(CCN(C(=O)c3ccc4nc(C(F)(F)F)[nH]c4c3)C2)C(=O)N1. The zero-order valence-electron chi connectivity index (χ0n) is 13.3. The number of amides is 3. The lowest BCUT2D eigenvalue weighted by Gasteiger charge is -2.20. The molecule has 0 radical (unpaired) electrons. The summed E-state index contributed by atoms with van der Waals surface area (Å²) in [6.45, 7) is 0.409. The highest BCUT2D eigenvalue weighted by molar-refractivity contribution is 6.07. The summed E-state index contributed by atoms with van der Waals surface area (Å²) in [4.78, 5) is 43.2. The summed E-state index contributed by atoms with van der Waals surface area (Å²) in [6, 6.07) is 4.05. The van der Waals surface area contributed by atoms with E-state index < -0.39 is 23.3 Å². The molecule has 2 fully saturated rings. The lowest BCUT2D eigenvalue weighted by Crippen LogP contribution is -2.36. The molecule has 2 aliphatic rings. The van der Waals surface area contributed by atoms with Crippen LogP contribution in [0.4, 0.5) is 13.2 Å². The zero-order chi connectivity index (χ0) is 18.7. The maximum atomic E-state index is 12.7. The van der Waals surface area contributed by atoms with Crippen LogP contribution in [0.25, 0.3) is 11.0 Å². The first-order valence-electron chi connectivity index (χ1n) is 7.88. The molecule has 0 unspecified atom stereocenters. The summed E-state index contributed by atoms with van der Waals surface area (Å²) in [6.07, 6.45) is -4.18. The monoisotopic (exact) mass is 366 g/mol. The Morgan fingerprint density at radius 3 is 2.69 bits per heavy atom. The number of nitrogens with zero attached hydrogens (tertiary/aromatic N) is 2. The van der Waals surface area contributed by atoms with Crippen molar-refractivity contribution >= 4 is 28.8 Å². The number of carbonyl (C=O) groups excluding carboxylic acids is 3. The number of hydrogen-bond acceptors (Lipinski definition) is 4. The number of carbonyl (C=O) groups is 3. The molecule has 1 spiro atoms. The molecule has 2 saturated heterocycles. The standard InChI is InChI=1S/C16H13F3N4O3/c17-16(18,19)13-20-9-2-1-8(5-10(9)21-13)12(25)23-4-3-15(7-23)6-11(24)22-14(15)26/h1-2,5H,3-4,6-7H2,(H,20,21)(H,22,24,26)/t15-/m0/s1. The van der Waals surface area contributed by atoms with E-state index in [0.29, 0.717) is 13.0 Å². The molecule has 2 aromatic rings. The van der Waals surface area contributed by atoms with Crippen LogP contribution in [0.15, 0.2) is 18.2 Å². The van der Waals surface area contributed by atoms with Gasteiger partial charge in [0.25, 0.3) is 5.91 Å². The summed E-state index contributed by atoms with van der Waals surface area (Å²) in [7, 11) is 0. The van der Waals surface area contributed by atoms with E-state index in [0.717, 1.165) is 0 Å². The van der Waals surface area contributed by atoms with Crippen molar-refractivity contribution in [3.8, 4) is 0 Å². The number of rotatable bonds is 1. The number of likely N-dealkylation sites (tertiary alicyclic amines) is 1. The van der Waals surface area contributed by atoms with Gasteiger partial charge in [-0.1, -0.05) is 0 Å². The molecule has 3 heterocycles. The van der Waals surface area contributed by atoms with Crippen molar-refractivity contribution in [3.05, 3.63) is 29.6 Å². The summed E-state index contributed by atoms with van der Waals surface area (Å²) in [5.74, 6) is -2.27. The van der Waals surface area contributed by atoms with Gasteiger partial charge in [-0.05, 0) is 24.6 Å². The number of aromatic nitrogens is 2. The number of alkyl halides is 3. The number of imidazole rings is 1. The molecule has 10 heteroatoms. The Morgan fingerprint density at radius 2 is 2.04 bits per heavy atom. The lowest BCUT2D eigenvalue weighted by atomic mass is 9.85. The van der Waals surface area contributed by atoms with Gasteiger partial charge >= 0.3 is 6.18 Å². The Morgan fingerprint density at radius 1 is 1.27 bits per heavy atom. The van der Waals surface area contributed by atoms with Gasteiger partial charge < -0.3 is 9.88 Å². The van der Waals surface area contributed by atoms with Crippen molar-refractivity contribution < 1.29 is 27.6 Å². The van der Waals surface area contributed by atoms with Crippen molar-refractivity contribution in [2.75, 3.05) is 13.1 Å². The van der Waals surface area contributed by atoms with E-state index in [1.165, 1.54) is 23.1 Å². The number of halogens is 3. The Labute approximate surface area is 144 Å². The lowest BCUT2D eigenvalue weighted by molar-refractivity contribution is -0.144. The molecule has 0 saturated carbocycles. The fourth-order valence-corrected chi connectivity index (χ4v) is 3.53. The predicted molar refractivity (Wildman–Crippen MR) is 81.8 cm³/mol. The van der Waals surface area contributed by atoms with E-state index in [1.54, 1.807) is 0 Å². The van der Waals surface area contributed by atoms with E-state index in [4.69, 9.17) is 0 Å². The third kappa shape index (κ3) is 2.52. The van der Waals surface area contributed by atoms with Crippen LogP contribution in [-0.2, 0) is 15.8 Å². The number of H-pyrrole nitrogens is 1. The summed E-state index contributed by atoms with van der Waals surface area (Å²) >= 11 is 0. The Hall–Kier alpha value is -2.91. The predicted octanol–water partition coefficient (Wildman–Crippen LogP) is 1.46. The van der Waals surface area contributed by atoms with E-state index >= 15 is 0 Å². The minimum atomic E-state index is -4.60. The van der Waals surface area contributed by atoms with Gasteiger partial charge in [0.05, 0.1) is 16.4 Å². The molecular weight excluding hydrogens is 353 g/mol. The molecule has 136 valence electrons. The second-order valence-electron chi connectivity index (χ2n) is 6.63. The number of aromatic amines is 1. The highest BCUT2D eigenvalue weighted by Crippen LogP contribution is 2.38. The molecule has 4 rings (SSSR count). The van der Waals surface area contributed by atoms with Crippen molar-refractivity contribution in [3.63, 3.8) is 0 Å². The first-order chi connectivity index (χ1) is 12.2. The van der Waals surface area contributed by atoms with Crippen LogP contribution < -0.4 is 5.32 Å². The van der Waals surface area contributed by atoms with E-state index in [2.05, 4.69) is 15.3 Å². The average molecular weight is 366 g/mol. The minimum absolute atomic E-state index is 0.0458. The van der Waals surface area contributed by atoms with E-state index in [1.807, 2.05) is 0 Å². The van der Waals surface area contributed by atoms with Crippen LogP contribution in [0.3, 0.4) is 0 Å². The van der Waals surface area contributed by atoms with Gasteiger partial charge in [-0.2, -0.15) is 13.2 Å². The third-order valence-corrected chi connectivity index (χ3v) is 4.87. The number of hydrogen-bond donors (Lipinski definition) is 2. The third-order valence-electron chi connectivity index (χ3n) is 4.87. The summed E-state index contributed by atoms with van der Waals surface area (Å²) in [5.41, 5.74) is -0.496. The van der Waals surface area contributed by atoms with Crippen LogP contribution in [0.2, 0.25) is 0 Å². The van der Waals surface area contributed by atoms with Gasteiger partial charge in [-0.25, -0.2) is 4.98 Å². The molecule has 1 atom stereocenters. The fourth-order valence-electron chi connectivity index (χ4n) is 3.53. The molecule has 1 aromatic carbocycles. The van der Waals surface area contributed by atoms with Crippen molar-refractivity contribution in [2.24, 2.45) is 5.41 Å². The summed E-state index contributed by atoms with van der Waals surface area (Å²) < 4.78 is 38.2. The van der Waals surface area contributed by atoms with Gasteiger partial charge in [0.15, 0.2) is 0 Å². The average Bonchev–Trinajstić information content (AvgIpc) is 3.23. The van der Waals surface area contributed by atoms with Crippen LogP contribution in [0.1, 0.15) is 29.0 Å². The van der Waals surface area contributed by atoms with Crippen molar-refractivity contribution in [1.82, 2.24) is 20.2 Å². The number of nitrogens with one attached hydrogen (secondary N) is 2. The molecule has 26 heavy (non-hydrogen) atoms. The Bertz CT molecular complexity index is 952. The first-order valence-corrected chi connectivity index (χ1v) is 7.88. The number of imide groups is 1. The van der Waals surface area contributed by atoms with Crippen LogP contribution >= 0.6 is 0 Å². The van der Waals surface area contributed by atoms with Crippen LogP contribution in [0, 0.1) is 5.41 Å². The molecule has 3 amide bonds. The van der Waals surface area contributed by atoms with Crippen molar-refractivity contribution in [1.29, 1.82) is 0 Å². The molecule has 0 aliphatic carbocycles. The van der Waals surface area contributed by atoms with Gasteiger partial charge in [0.2, 0.25) is 17.6 Å². The molecule has 2 aliphatic heterocycles. The van der Waals surface area contributed by atoms with Gasteiger partial charge in [-0.3, -0.25) is 19.7 Å². The fraction of sp³-hybridized carbons (Fsp3) is 0.375. The summed E-state index contributed by atoms with van der Waals surface area (Å²) in [5, 5.41) is 2.25. The van der Waals surface area contributed by atoms with E-state index in [9.17, 15) is 27.6 Å². The van der Waals surface area contributed by atoms with Gasteiger partial charge in [0.1, 0.15) is 0 Å². The molecule has 2 N–H and O–H groups in total. The smallest absolute Gasteiger partial charge is 0.338 e. The number of benzene rings is 1. The Kier molecular flexibility index (Phi) is 3.37. The quantitative estimate of drug-likeness (QED) is 0.747. The molecule has 0 bridgehead atoms. The Balaban J connectivity index is 1.59. The van der Waals surface area contributed by atoms with Crippen molar-refractivity contribution in [2.45, 2.75) is 19.0 Å². The van der Waals surface area contributed by atoms with Crippen LogP contribution in [0.5, 0.6) is 0 Å². The molecular formula is C16H13F3N4O3.